The first kappa shape index (κ1) is 20.8. The van der Waals surface area contributed by atoms with Gasteiger partial charge < -0.3 is 19.5 Å². The Kier molecular flexibility index (Phi) is 6.85. The lowest BCUT2D eigenvalue weighted by Crippen LogP contribution is -2.37. The Labute approximate surface area is 149 Å². The summed E-state index contributed by atoms with van der Waals surface area (Å²) in [4.78, 5) is 24.3. The van der Waals surface area contributed by atoms with Crippen LogP contribution in [0.3, 0.4) is 0 Å². The van der Waals surface area contributed by atoms with E-state index in [-0.39, 0.29) is 12.3 Å². The molecule has 1 aromatic carbocycles. The number of hydrogen-bond donors (Lipinski definition) is 1. The minimum absolute atomic E-state index is 0.0365. The molecule has 1 amide bonds. The summed E-state index contributed by atoms with van der Waals surface area (Å²) in [5.74, 6) is 0.465. The van der Waals surface area contributed by atoms with Crippen LogP contribution in [0.15, 0.2) is 24.3 Å². The maximum atomic E-state index is 12.3. The summed E-state index contributed by atoms with van der Waals surface area (Å²) >= 11 is 0. The molecule has 0 bridgehead atoms. The van der Waals surface area contributed by atoms with Crippen LogP contribution in [0.5, 0.6) is 5.75 Å². The first-order chi connectivity index (χ1) is 11.4. The normalized spacial score (nSPS) is 12.9. The van der Waals surface area contributed by atoms with Crippen molar-refractivity contribution in [1.82, 2.24) is 0 Å². The largest absolute Gasteiger partial charge is 0.509 e. The van der Waals surface area contributed by atoms with Gasteiger partial charge in [-0.15, -0.1) is 0 Å². The third-order valence-corrected chi connectivity index (χ3v) is 3.34. The molecule has 1 N–H and O–H groups in total. The molecule has 1 rings (SSSR count). The lowest BCUT2D eigenvalue weighted by atomic mass is 9.87. The summed E-state index contributed by atoms with van der Waals surface area (Å²) in [6, 6.07) is 7.01. The van der Waals surface area contributed by atoms with Gasteiger partial charge in [0, 0.05) is 5.69 Å². The molecule has 0 fully saturated rings. The van der Waals surface area contributed by atoms with E-state index >= 15 is 0 Å². The van der Waals surface area contributed by atoms with Gasteiger partial charge in [0.05, 0.1) is 13.5 Å². The van der Waals surface area contributed by atoms with Gasteiger partial charge in [-0.1, -0.05) is 20.8 Å². The number of carbonyl (C=O) groups excluding carboxylic acids is 2. The van der Waals surface area contributed by atoms with E-state index in [4.69, 9.17) is 14.2 Å². The van der Waals surface area contributed by atoms with Gasteiger partial charge in [0.15, 0.2) is 0 Å². The van der Waals surface area contributed by atoms with Crippen LogP contribution in [0, 0.1) is 5.41 Å². The van der Waals surface area contributed by atoms with Crippen molar-refractivity contribution in [2.24, 2.45) is 5.41 Å². The first-order valence-electron chi connectivity index (χ1n) is 8.24. The summed E-state index contributed by atoms with van der Waals surface area (Å²) in [5.41, 5.74) is -0.408. The molecule has 1 aromatic rings. The number of amides is 1. The van der Waals surface area contributed by atoms with Gasteiger partial charge in [-0.05, 0) is 50.5 Å². The van der Waals surface area contributed by atoms with Crippen LogP contribution in [0.4, 0.5) is 10.5 Å². The zero-order chi connectivity index (χ0) is 19.3. The minimum atomic E-state index is -0.773. The monoisotopic (exact) mass is 351 g/mol. The van der Waals surface area contributed by atoms with Crippen LogP contribution < -0.4 is 10.1 Å². The maximum absolute atomic E-state index is 12.3. The number of hydrogen-bond acceptors (Lipinski definition) is 5. The molecule has 0 saturated heterocycles. The second-order valence-electron chi connectivity index (χ2n) is 7.92. The minimum Gasteiger partial charge on any atom is -0.497 e. The van der Waals surface area contributed by atoms with Crippen molar-refractivity contribution < 1.29 is 23.8 Å². The number of nitrogens with one attached hydrogen (secondary N) is 1. The standard InChI is InChI=1S/C19H29NO5/c1-18(2,3)15(24-17(22)25-19(4,5)6)12-16(21)20-13-8-10-14(23-7)11-9-13/h8-11,15H,12H2,1-7H3,(H,20,21). The van der Waals surface area contributed by atoms with Gasteiger partial charge in [0.2, 0.25) is 5.91 Å². The lowest BCUT2D eigenvalue weighted by Gasteiger charge is -2.30. The molecule has 0 aromatic heterocycles. The van der Waals surface area contributed by atoms with Gasteiger partial charge in [-0.25, -0.2) is 4.79 Å². The van der Waals surface area contributed by atoms with Gasteiger partial charge in [-0.3, -0.25) is 4.79 Å². The van der Waals surface area contributed by atoms with E-state index in [0.29, 0.717) is 11.4 Å². The fourth-order valence-corrected chi connectivity index (χ4v) is 1.97. The molecule has 0 aliphatic heterocycles. The smallest absolute Gasteiger partial charge is 0.497 e. The van der Waals surface area contributed by atoms with E-state index in [9.17, 15) is 9.59 Å². The number of ether oxygens (including phenoxy) is 3. The van der Waals surface area contributed by atoms with Gasteiger partial charge in [0.1, 0.15) is 17.5 Å². The molecular formula is C19H29NO5. The van der Waals surface area contributed by atoms with Crippen molar-refractivity contribution in [2.75, 3.05) is 12.4 Å². The van der Waals surface area contributed by atoms with Crippen molar-refractivity contribution in [2.45, 2.75) is 59.7 Å². The Bertz CT molecular complexity index is 581. The number of methoxy groups -OCH3 is 1. The highest BCUT2D eigenvalue weighted by atomic mass is 16.7. The predicted molar refractivity (Wildman–Crippen MR) is 96.8 cm³/mol. The van der Waals surface area contributed by atoms with Crippen molar-refractivity contribution >= 4 is 17.7 Å². The van der Waals surface area contributed by atoms with Gasteiger partial charge in [-0.2, -0.15) is 0 Å². The molecule has 1 unspecified atom stereocenters. The second kappa shape index (κ2) is 8.23. The highest BCUT2D eigenvalue weighted by Crippen LogP contribution is 2.27. The average molecular weight is 351 g/mol. The molecule has 140 valence electrons. The highest BCUT2D eigenvalue weighted by molar-refractivity contribution is 5.91. The van der Waals surface area contributed by atoms with E-state index in [1.807, 2.05) is 20.8 Å². The maximum Gasteiger partial charge on any atom is 0.509 e. The number of anilines is 1. The third kappa shape index (κ3) is 7.92. The van der Waals surface area contributed by atoms with Crippen LogP contribution in [0.1, 0.15) is 48.0 Å². The molecule has 0 heterocycles. The lowest BCUT2D eigenvalue weighted by molar-refractivity contribution is -0.121. The van der Waals surface area contributed by atoms with Crippen LogP contribution in [0.25, 0.3) is 0 Å². The topological polar surface area (TPSA) is 73.9 Å². The molecule has 0 aliphatic rings. The highest BCUT2D eigenvalue weighted by Gasteiger charge is 2.32. The fraction of sp³-hybridized carbons (Fsp3) is 0.579. The summed E-state index contributed by atoms with van der Waals surface area (Å²) in [7, 11) is 1.58. The summed E-state index contributed by atoms with van der Waals surface area (Å²) < 4.78 is 15.7. The second-order valence-corrected chi connectivity index (χ2v) is 7.92. The molecule has 0 saturated carbocycles. The molecule has 25 heavy (non-hydrogen) atoms. The SMILES string of the molecule is COc1ccc(NC(=O)CC(OC(=O)OC(C)(C)C)C(C)(C)C)cc1. The van der Waals surface area contributed by atoms with E-state index in [1.54, 1.807) is 52.1 Å². The Morgan fingerprint density at radius 3 is 2.04 bits per heavy atom. The first-order valence-corrected chi connectivity index (χ1v) is 8.24. The molecule has 6 heteroatoms. The third-order valence-electron chi connectivity index (χ3n) is 3.34. The van der Waals surface area contributed by atoms with Crippen molar-refractivity contribution in [3.05, 3.63) is 24.3 Å². The van der Waals surface area contributed by atoms with Gasteiger partial charge in [0.25, 0.3) is 0 Å². The zero-order valence-corrected chi connectivity index (χ0v) is 16.1. The molecule has 0 spiro atoms. The van der Waals surface area contributed by atoms with Crippen LogP contribution in [-0.2, 0) is 14.3 Å². The Balaban J connectivity index is 2.70. The van der Waals surface area contributed by atoms with Gasteiger partial charge >= 0.3 is 6.16 Å². The van der Waals surface area contributed by atoms with Crippen molar-refractivity contribution in [3.8, 4) is 5.75 Å². The summed E-state index contributed by atoms with van der Waals surface area (Å²) in [6.07, 6.45) is -1.35. The molecular weight excluding hydrogens is 322 g/mol. The average Bonchev–Trinajstić information content (AvgIpc) is 2.44. The molecule has 0 radical (unpaired) electrons. The zero-order valence-electron chi connectivity index (χ0n) is 16.1. The van der Waals surface area contributed by atoms with E-state index in [2.05, 4.69) is 5.32 Å². The van der Waals surface area contributed by atoms with Crippen LogP contribution in [0.2, 0.25) is 0 Å². The summed E-state index contributed by atoms with van der Waals surface area (Å²) in [6.45, 7) is 11.0. The quantitative estimate of drug-likeness (QED) is 0.796. The van der Waals surface area contributed by atoms with E-state index in [1.165, 1.54) is 0 Å². The summed E-state index contributed by atoms with van der Waals surface area (Å²) in [5, 5.41) is 2.79. The molecule has 0 aliphatic carbocycles. The Hall–Kier alpha value is -2.24. The van der Waals surface area contributed by atoms with Crippen LogP contribution >= 0.6 is 0 Å². The van der Waals surface area contributed by atoms with Crippen LogP contribution in [-0.4, -0.2) is 30.9 Å². The number of rotatable bonds is 5. The van der Waals surface area contributed by atoms with Crippen molar-refractivity contribution in [3.63, 3.8) is 0 Å². The molecule has 1 atom stereocenters. The molecule has 6 nitrogen and oxygen atoms in total. The number of carbonyl (C=O) groups is 2. The number of benzene rings is 1. The predicted octanol–water partition coefficient (Wildman–Crippen LogP) is 4.39. The van der Waals surface area contributed by atoms with E-state index < -0.39 is 23.3 Å². The fourth-order valence-electron chi connectivity index (χ4n) is 1.97. The Morgan fingerprint density at radius 2 is 1.60 bits per heavy atom. The van der Waals surface area contributed by atoms with E-state index in [0.717, 1.165) is 0 Å². The Morgan fingerprint density at radius 1 is 1.04 bits per heavy atom. The van der Waals surface area contributed by atoms with Crippen molar-refractivity contribution in [1.29, 1.82) is 0 Å².